The van der Waals surface area contributed by atoms with E-state index >= 15 is 0 Å². The zero-order chi connectivity index (χ0) is 13.1. The summed E-state index contributed by atoms with van der Waals surface area (Å²) in [5, 5.41) is 3.26. The Morgan fingerprint density at radius 2 is 1.72 bits per heavy atom. The van der Waals surface area contributed by atoms with Crippen LogP contribution in [-0.2, 0) is 6.54 Å². The van der Waals surface area contributed by atoms with Crippen molar-refractivity contribution < 1.29 is 0 Å². The first-order valence-electron chi connectivity index (χ1n) is 5.89. The Balaban J connectivity index is 2.14. The van der Waals surface area contributed by atoms with Gasteiger partial charge in [-0.25, -0.2) is 4.98 Å². The number of benzene rings is 1. The first kappa shape index (κ1) is 12.2. The molecule has 0 unspecified atom stereocenters. The van der Waals surface area contributed by atoms with E-state index in [0.29, 0.717) is 11.5 Å². The van der Waals surface area contributed by atoms with Crippen LogP contribution in [0.3, 0.4) is 0 Å². The monoisotopic (exact) mass is 242 g/mol. The lowest BCUT2D eigenvalue weighted by Gasteiger charge is -2.12. The average molecular weight is 242 g/mol. The fourth-order valence-corrected chi connectivity index (χ4v) is 1.89. The van der Waals surface area contributed by atoms with Gasteiger partial charge < -0.3 is 16.8 Å². The van der Waals surface area contributed by atoms with Gasteiger partial charge in [-0.1, -0.05) is 18.2 Å². The molecule has 4 nitrogen and oxygen atoms in total. The summed E-state index contributed by atoms with van der Waals surface area (Å²) in [4.78, 5) is 4.19. The maximum atomic E-state index is 5.67. The summed E-state index contributed by atoms with van der Waals surface area (Å²) in [5.74, 6) is 1.10. The summed E-state index contributed by atoms with van der Waals surface area (Å²) in [6.45, 7) is 4.94. The summed E-state index contributed by atoms with van der Waals surface area (Å²) in [7, 11) is 0. The molecule has 0 saturated carbocycles. The van der Waals surface area contributed by atoms with Gasteiger partial charge in [0.15, 0.2) is 0 Å². The number of nitrogens with two attached hydrogens (primary N) is 2. The van der Waals surface area contributed by atoms with Crippen LogP contribution < -0.4 is 16.8 Å². The van der Waals surface area contributed by atoms with E-state index in [1.807, 2.05) is 6.07 Å². The van der Waals surface area contributed by atoms with Crippen molar-refractivity contribution in [3.63, 3.8) is 0 Å². The number of aromatic nitrogens is 1. The predicted molar refractivity (Wildman–Crippen MR) is 76.3 cm³/mol. The highest BCUT2D eigenvalue weighted by Crippen LogP contribution is 2.18. The molecule has 0 aliphatic rings. The molecular formula is C14H18N4. The Kier molecular flexibility index (Phi) is 3.37. The Morgan fingerprint density at radius 3 is 2.33 bits per heavy atom. The van der Waals surface area contributed by atoms with E-state index in [4.69, 9.17) is 11.5 Å². The van der Waals surface area contributed by atoms with Crippen LogP contribution in [0.5, 0.6) is 0 Å². The van der Waals surface area contributed by atoms with E-state index in [2.05, 4.69) is 42.3 Å². The first-order valence-corrected chi connectivity index (χ1v) is 5.89. The number of pyridine rings is 1. The third-order valence-electron chi connectivity index (χ3n) is 3.05. The van der Waals surface area contributed by atoms with Crippen LogP contribution in [0.4, 0.5) is 17.3 Å². The van der Waals surface area contributed by atoms with Crippen molar-refractivity contribution in [2.45, 2.75) is 20.4 Å². The number of nitrogens with one attached hydrogen (secondary N) is 1. The molecular weight excluding hydrogens is 224 g/mol. The number of hydrogen-bond donors (Lipinski definition) is 3. The molecule has 1 aromatic heterocycles. The summed E-state index contributed by atoms with van der Waals surface area (Å²) in [6, 6.07) is 9.87. The molecule has 94 valence electrons. The zero-order valence-electron chi connectivity index (χ0n) is 10.7. The van der Waals surface area contributed by atoms with E-state index < -0.39 is 0 Å². The maximum Gasteiger partial charge on any atom is 0.149 e. The van der Waals surface area contributed by atoms with Gasteiger partial charge in [-0.05, 0) is 42.7 Å². The van der Waals surface area contributed by atoms with Crippen molar-refractivity contribution >= 4 is 17.3 Å². The number of anilines is 3. The van der Waals surface area contributed by atoms with Gasteiger partial charge in [-0.15, -0.1) is 0 Å². The van der Waals surface area contributed by atoms with Gasteiger partial charge in [0.2, 0.25) is 0 Å². The third-order valence-corrected chi connectivity index (χ3v) is 3.05. The molecule has 0 aliphatic heterocycles. The number of nitrogen functional groups attached to an aromatic ring is 2. The van der Waals surface area contributed by atoms with Gasteiger partial charge in [-0.3, -0.25) is 0 Å². The van der Waals surface area contributed by atoms with E-state index in [9.17, 15) is 0 Å². The van der Waals surface area contributed by atoms with Crippen molar-refractivity contribution in [2.75, 3.05) is 16.8 Å². The second-order valence-corrected chi connectivity index (χ2v) is 4.39. The Hall–Kier alpha value is -2.23. The van der Waals surface area contributed by atoms with Crippen molar-refractivity contribution in [3.05, 3.63) is 47.0 Å². The molecule has 2 rings (SSSR count). The lowest BCUT2D eigenvalue weighted by Crippen LogP contribution is -2.06. The summed E-state index contributed by atoms with van der Waals surface area (Å²) in [6.07, 6.45) is 0. The highest BCUT2D eigenvalue weighted by Gasteiger charge is 2.03. The summed E-state index contributed by atoms with van der Waals surface area (Å²) in [5.41, 5.74) is 15.6. The quantitative estimate of drug-likeness (QED) is 0.772. The van der Waals surface area contributed by atoms with Crippen LogP contribution in [0, 0.1) is 13.8 Å². The van der Waals surface area contributed by atoms with Crippen LogP contribution in [0.2, 0.25) is 0 Å². The van der Waals surface area contributed by atoms with Crippen molar-refractivity contribution in [1.82, 2.24) is 4.98 Å². The highest BCUT2D eigenvalue weighted by atomic mass is 15.0. The molecule has 2 aromatic rings. The van der Waals surface area contributed by atoms with E-state index in [1.54, 1.807) is 6.07 Å². The molecule has 1 heterocycles. The summed E-state index contributed by atoms with van der Waals surface area (Å²) >= 11 is 0. The van der Waals surface area contributed by atoms with Gasteiger partial charge >= 0.3 is 0 Å². The van der Waals surface area contributed by atoms with Crippen LogP contribution >= 0.6 is 0 Å². The molecule has 0 radical (unpaired) electrons. The van der Waals surface area contributed by atoms with E-state index in [1.165, 1.54) is 16.7 Å². The normalized spacial score (nSPS) is 10.3. The fourth-order valence-electron chi connectivity index (χ4n) is 1.89. The standard InChI is InChI=1S/C14H18N4/c1-9-4-3-5-10(2)11(9)8-17-13-7-6-12(15)14(16)18-13/h3-7H,8,15H2,1-2H3,(H3,16,17,18). The smallest absolute Gasteiger partial charge is 0.149 e. The molecule has 0 spiro atoms. The molecule has 18 heavy (non-hydrogen) atoms. The van der Waals surface area contributed by atoms with Gasteiger partial charge in [0, 0.05) is 6.54 Å². The average Bonchev–Trinajstić information content (AvgIpc) is 2.33. The van der Waals surface area contributed by atoms with Crippen LogP contribution in [0.15, 0.2) is 30.3 Å². The van der Waals surface area contributed by atoms with Crippen LogP contribution in [0.25, 0.3) is 0 Å². The Labute approximate surface area is 107 Å². The molecule has 4 heteroatoms. The second-order valence-electron chi connectivity index (χ2n) is 4.39. The van der Waals surface area contributed by atoms with Crippen LogP contribution in [0.1, 0.15) is 16.7 Å². The van der Waals surface area contributed by atoms with E-state index in [0.717, 1.165) is 12.4 Å². The van der Waals surface area contributed by atoms with Gasteiger partial charge in [0.05, 0.1) is 5.69 Å². The molecule has 0 atom stereocenters. The van der Waals surface area contributed by atoms with Crippen LogP contribution in [-0.4, -0.2) is 4.98 Å². The molecule has 0 amide bonds. The van der Waals surface area contributed by atoms with Gasteiger partial charge in [-0.2, -0.15) is 0 Å². The highest BCUT2D eigenvalue weighted by molar-refractivity contribution is 5.61. The predicted octanol–water partition coefficient (Wildman–Crippen LogP) is 2.47. The molecule has 0 bridgehead atoms. The summed E-state index contributed by atoms with van der Waals surface area (Å²) < 4.78 is 0. The van der Waals surface area contributed by atoms with Gasteiger partial charge in [0.25, 0.3) is 0 Å². The van der Waals surface area contributed by atoms with Gasteiger partial charge in [0.1, 0.15) is 11.6 Å². The molecule has 5 N–H and O–H groups in total. The molecule has 0 saturated heterocycles. The SMILES string of the molecule is Cc1cccc(C)c1CNc1ccc(N)c(N)n1. The molecule has 1 aromatic carbocycles. The lowest BCUT2D eigenvalue weighted by molar-refractivity contribution is 1.07. The molecule has 0 fully saturated rings. The minimum Gasteiger partial charge on any atom is -0.396 e. The topological polar surface area (TPSA) is 77.0 Å². The number of hydrogen-bond acceptors (Lipinski definition) is 4. The second kappa shape index (κ2) is 4.96. The Bertz CT molecular complexity index is 543. The maximum absolute atomic E-state index is 5.67. The van der Waals surface area contributed by atoms with Crippen molar-refractivity contribution in [1.29, 1.82) is 0 Å². The molecule has 0 aliphatic carbocycles. The minimum absolute atomic E-state index is 0.363. The van der Waals surface area contributed by atoms with Crippen molar-refractivity contribution in [2.24, 2.45) is 0 Å². The first-order chi connectivity index (χ1) is 8.58. The lowest BCUT2D eigenvalue weighted by atomic mass is 10.0. The van der Waals surface area contributed by atoms with Crippen molar-refractivity contribution in [3.8, 4) is 0 Å². The van der Waals surface area contributed by atoms with E-state index in [-0.39, 0.29) is 0 Å². The zero-order valence-corrected chi connectivity index (χ0v) is 10.7. The number of nitrogens with zero attached hydrogens (tertiary/aromatic N) is 1. The number of rotatable bonds is 3. The largest absolute Gasteiger partial charge is 0.396 e. The Morgan fingerprint density at radius 1 is 1.06 bits per heavy atom. The third kappa shape index (κ3) is 2.53. The minimum atomic E-state index is 0.363. The fraction of sp³-hybridized carbons (Fsp3) is 0.214. The number of aryl methyl sites for hydroxylation is 2.